The van der Waals surface area contributed by atoms with E-state index in [4.69, 9.17) is 0 Å². The Bertz CT molecular complexity index is 319. The maximum absolute atomic E-state index is 10.9. The number of benzene rings is 1. The van der Waals surface area contributed by atoms with Crippen molar-refractivity contribution in [2.75, 3.05) is 0 Å². The zero-order chi connectivity index (χ0) is 12.3. The Morgan fingerprint density at radius 1 is 1.00 bits per heavy atom. The molecule has 0 unspecified atom stereocenters. The molecule has 94 valence electrons. The molecule has 0 aliphatic heterocycles. The zero-order valence-corrected chi connectivity index (χ0v) is 10.7. The molecule has 0 bridgehead atoms. The van der Waals surface area contributed by atoms with Crippen LogP contribution in [0.25, 0.3) is 0 Å². The molecule has 2 nitrogen and oxygen atoms in total. The van der Waals surface area contributed by atoms with Crippen LogP contribution < -0.4 is 5.16 Å². The Kier molecular flexibility index (Phi) is 7.12. The van der Waals surface area contributed by atoms with Gasteiger partial charge in [0.2, 0.25) is 0 Å². The van der Waals surface area contributed by atoms with Crippen LogP contribution in [-0.2, 0) is 0 Å². The molecule has 0 saturated carbocycles. The lowest BCUT2D eigenvalue weighted by Crippen LogP contribution is -2.65. The van der Waals surface area contributed by atoms with E-state index in [0.29, 0.717) is 0 Å². The van der Waals surface area contributed by atoms with E-state index in [2.05, 4.69) is 12.1 Å². The fraction of sp³-hybridized carbons (Fsp3) is 0.533. The third-order valence-corrected chi connectivity index (χ3v) is 3.03. The topological polar surface area (TPSA) is 37.0 Å². The lowest BCUT2D eigenvalue weighted by molar-refractivity contribution is -0.374. The predicted molar refractivity (Wildman–Crippen MR) is 72.9 cm³/mol. The molecule has 0 spiro atoms. The minimum Gasteiger partial charge on any atom is -0.625 e. The van der Waals surface area contributed by atoms with Crippen molar-refractivity contribution >= 4 is 5.71 Å². The molecule has 0 fully saturated rings. The first-order valence-corrected chi connectivity index (χ1v) is 6.68. The van der Waals surface area contributed by atoms with Crippen molar-refractivity contribution in [2.24, 2.45) is 0 Å². The summed E-state index contributed by atoms with van der Waals surface area (Å²) in [4.78, 5) is 0. The predicted octanol–water partition coefficient (Wildman–Crippen LogP) is 2.80. The monoisotopic (exact) mass is 233 g/mol. The Hall–Kier alpha value is -1.31. The van der Waals surface area contributed by atoms with Crippen LogP contribution in [0.15, 0.2) is 30.3 Å². The summed E-state index contributed by atoms with van der Waals surface area (Å²) in [6, 6.07) is 9.87. The van der Waals surface area contributed by atoms with Crippen LogP contribution >= 0.6 is 0 Å². The molecule has 0 aliphatic carbocycles. The summed E-state index contributed by atoms with van der Waals surface area (Å²) in [6.45, 7) is 2.22. The van der Waals surface area contributed by atoms with E-state index in [1.807, 2.05) is 30.3 Å². The van der Waals surface area contributed by atoms with Gasteiger partial charge < -0.3 is 5.21 Å². The van der Waals surface area contributed by atoms with Crippen molar-refractivity contribution in [2.45, 2.75) is 51.9 Å². The molecule has 1 N–H and O–H groups in total. The van der Waals surface area contributed by atoms with E-state index in [9.17, 15) is 5.21 Å². The van der Waals surface area contributed by atoms with Gasteiger partial charge in [0.25, 0.3) is 0 Å². The molecule has 0 radical (unpaired) electrons. The van der Waals surface area contributed by atoms with E-state index in [-0.39, 0.29) is 0 Å². The SMILES string of the molecule is CCCCCCCCC(=[NH+][O-])c1ccccc1. The third-order valence-electron chi connectivity index (χ3n) is 3.03. The number of unbranched alkanes of at least 4 members (excludes halogenated alkanes) is 5. The first-order chi connectivity index (χ1) is 8.38. The van der Waals surface area contributed by atoms with Gasteiger partial charge in [-0.05, 0) is 18.6 Å². The fourth-order valence-electron chi connectivity index (χ4n) is 1.98. The molecule has 0 aliphatic rings. The largest absolute Gasteiger partial charge is 0.625 e. The molecule has 1 rings (SSSR count). The number of hydrogen-bond donors (Lipinski definition) is 1. The Labute approximate surface area is 104 Å². The van der Waals surface area contributed by atoms with Gasteiger partial charge in [-0.25, -0.2) is 5.16 Å². The highest BCUT2D eigenvalue weighted by Crippen LogP contribution is 2.09. The number of nitrogens with one attached hydrogen (secondary N) is 1. The van der Waals surface area contributed by atoms with Gasteiger partial charge in [-0.3, -0.25) is 0 Å². The summed E-state index contributed by atoms with van der Waals surface area (Å²) in [7, 11) is 0. The van der Waals surface area contributed by atoms with Crippen LogP contribution in [0.4, 0.5) is 0 Å². The smallest absolute Gasteiger partial charge is 0.192 e. The second-order valence-corrected chi connectivity index (χ2v) is 4.46. The molecule has 0 amide bonds. The average molecular weight is 233 g/mol. The lowest BCUT2D eigenvalue weighted by Gasteiger charge is -2.02. The quantitative estimate of drug-likeness (QED) is 0.319. The second-order valence-electron chi connectivity index (χ2n) is 4.46. The van der Waals surface area contributed by atoms with Crippen LogP contribution in [0.5, 0.6) is 0 Å². The van der Waals surface area contributed by atoms with Crippen molar-refractivity contribution in [1.29, 1.82) is 0 Å². The maximum atomic E-state index is 10.9. The molecule has 0 aromatic heterocycles. The van der Waals surface area contributed by atoms with Gasteiger partial charge in [0.15, 0.2) is 5.71 Å². The van der Waals surface area contributed by atoms with Crippen LogP contribution in [0.3, 0.4) is 0 Å². The van der Waals surface area contributed by atoms with Crippen molar-refractivity contribution in [3.8, 4) is 0 Å². The lowest BCUT2D eigenvalue weighted by atomic mass is 10.0. The molecule has 2 heteroatoms. The second kappa shape index (κ2) is 8.80. The van der Waals surface area contributed by atoms with Gasteiger partial charge in [-0.15, -0.1) is 0 Å². The van der Waals surface area contributed by atoms with E-state index in [1.165, 1.54) is 32.1 Å². The van der Waals surface area contributed by atoms with Gasteiger partial charge >= 0.3 is 0 Å². The highest BCUT2D eigenvalue weighted by molar-refractivity contribution is 5.96. The van der Waals surface area contributed by atoms with E-state index in [1.54, 1.807) is 0 Å². The summed E-state index contributed by atoms with van der Waals surface area (Å²) in [6.07, 6.45) is 8.40. The number of rotatable bonds is 8. The summed E-state index contributed by atoms with van der Waals surface area (Å²) in [5.74, 6) is 0. The van der Waals surface area contributed by atoms with Crippen LogP contribution in [0, 0.1) is 5.21 Å². The van der Waals surface area contributed by atoms with E-state index in [0.717, 1.165) is 24.1 Å². The Morgan fingerprint density at radius 2 is 1.65 bits per heavy atom. The molecule has 0 atom stereocenters. The van der Waals surface area contributed by atoms with Crippen LogP contribution in [0.2, 0.25) is 0 Å². The molecule has 1 aromatic carbocycles. The molecule has 0 heterocycles. The van der Waals surface area contributed by atoms with Crippen molar-refractivity contribution in [3.63, 3.8) is 0 Å². The highest BCUT2D eigenvalue weighted by Gasteiger charge is 2.06. The standard InChI is InChI=1S/C15H23NO/c1-2-3-4-5-6-10-13-15(16-17)14-11-8-7-9-12-14/h7-9,11-12,16H,2-6,10,13H2,1H3. The molecular formula is C15H23NO. The third kappa shape index (κ3) is 5.53. The summed E-state index contributed by atoms with van der Waals surface area (Å²) in [5.41, 5.74) is 1.84. The summed E-state index contributed by atoms with van der Waals surface area (Å²) < 4.78 is 0. The van der Waals surface area contributed by atoms with Gasteiger partial charge in [-0.1, -0.05) is 57.2 Å². The molecule has 17 heavy (non-hydrogen) atoms. The minimum atomic E-state index is 0.820. The Balaban J connectivity index is 2.25. The van der Waals surface area contributed by atoms with E-state index < -0.39 is 0 Å². The number of hydrogen-bond acceptors (Lipinski definition) is 1. The molecule has 0 saturated heterocycles. The van der Waals surface area contributed by atoms with Crippen molar-refractivity contribution < 1.29 is 5.16 Å². The first-order valence-electron chi connectivity index (χ1n) is 6.68. The van der Waals surface area contributed by atoms with Gasteiger partial charge in [0.1, 0.15) is 0 Å². The zero-order valence-electron chi connectivity index (χ0n) is 10.7. The highest BCUT2D eigenvalue weighted by atomic mass is 16.4. The van der Waals surface area contributed by atoms with Gasteiger partial charge in [-0.2, -0.15) is 0 Å². The molecular weight excluding hydrogens is 210 g/mol. The summed E-state index contributed by atoms with van der Waals surface area (Å²) in [5, 5.41) is 13.0. The maximum Gasteiger partial charge on any atom is 0.192 e. The minimum absolute atomic E-state index is 0.820. The van der Waals surface area contributed by atoms with Crippen molar-refractivity contribution in [1.82, 2.24) is 0 Å². The Morgan fingerprint density at radius 3 is 2.29 bits per heavy atom. The normalized spacial score (nSPS) is 11.7. The average Bonchev–Trinajstić information content (AvgIpc) is 2.39. The van der Waals surface area contributed by atoms with E-state index >= 15 is 0 Å². The fourth-order valence-corrected chi connectivity index (χ4v) is 1.98. The van der Waals surface area contributed by atoms with Gasteiger partial charge in [0, 0.05) is 12.0 Å². The first kappa shape index (κ1) is 13.8. The molecule has 1 aromatic rings. The summed E-state index contributed by atoms with van der Waals surface area (Å²) >= 11 is 0. The van der Waals surface area contributed by atoms with Crippen molar-refractivity contribution in [3.05, 3.63) is 41.1 Å². The van der Waals surface area contributed by atoms with Crippen LogP contribution in [-0.4, -0.2) is 5.71 Å². The van der Waals surface area contributed by atoms with Gasteiger partial charge in [0.05, 0.1) is 0 Å². The van der Waals surface area contributed by atoms with Crippen LogP contribution in [0.1, 0.15) is 57.4 Å².